The van der Waals surface area contributed by atoms with E-state index in [1.54, 1.807) is 7.05 Å². The van der Waals surface area contributed by atoms with Gasteiger partial charge in [0.15, 0.2) is 0 Å². The van der Waals surface area contributed by atoms with Crippen molar-refractivity contribution >= 4 is 51.4 Å². The van der Waals surface area contributed by atoms with Crippen LogP contribution in [-0.2, 0) is 32.8 Å². The number of nitrogens with one attached hydrogen (secondary N) is 4. The van der Waals surface area contributed by atoms with Gasteiger partial charge in [-0.3, -0.25) is 33.8 Å². The van der Waals surface area contributed by atoms with Crippen molar-refractivity contribution < 1.29 is 24.0 Å². The molecule has 15 heteroatoms. The fourth-order valence-electron chi connectivity index (χ4n) is 3.95. The predicted octanol–water partition coefficient (Wildman–Crippen LogP) is 1.32. The van der Waals surface area contributed by atoms with Crippen molar-refractivity contribution in [1.29, 1.82) is 0 Å². The zero-order valence-electron chi connectivity index (χ0n) is 23.6. The summed E-state index contributed by atoms with van der Waals surface area (Å²) in [6, 6.07) is 1.58. The first kappa shape index (κ1) is 31.9. The van der Waals surface area contributed by atoms with Gasteiger partial charge in [-0.1, -0.05) is 26.7 Å². The second kappa shape index (κ2) is 15.4. The van der Waals surface area contributed by atoms with Gasteiger partial charge in [-0.15, -0.1) is 11.3 Å². The van der Waals surface area contributed by atoms with Crippen LogP contribution in [0.5, 0.6) is 0 Å². The Morgan fingerprint density at radius 1 is 1.05 bits per heavy atom. The fraction of sp³-hybridized carbons (Fsp3) is 0.407. The smallest absolute Gasteiger partial charge is 0.292 e. The van der Waals surface area contributed by atoms with E-state index in [0.717, 1.165) is 28.7 Å². The van der Waals surface area contributed by atoms with Crippen molar-refractivity contribution in [2.45, 2.75) is 52.1 Å². The molecule has 0 saturated heterocycles. The summed E-state index contributed by atoms with van der Waals surface area (Å²) in [6.45, 7) is 4.33. The Hall–Kier alpha value is -4.66. The van der Waals surface area contributed by atoms with Crippen LogP contribution in [0.3, 0.4) is 0 Å². The maximum absolute atomic E-state index is 13.3. The number of ketones is 1. The third kappa shape index (κ3) is 8.92. The topological polar surface area (TPSA) is 186 Å². The Morgan fingerprint density at radius 3 is 2.45 bits per heavy atom. The highest BCUT2D eigenvalue weighted by molar-refractivity contribution is 7.14. The van der Waals surface area contributed by atoms with Gasteiger partial charge in [-0.2, -0.15) is 0 Å². The molecule has 3 heterocycles. The number of nitrogens with zero attached hydrogens (tertiary/aromatic N) is 4. The van der Waals surface area contributed by atoms with Crippen LogP contribution in [0.15, 0.2) is 47.4 Å². The largest absolute Gasteiger partial charge is 0.354 e. The van der Waals surface area contributed by atoms with Crippen LogP contribution in [0, 0.1) is 5.92 Å². The first-order valence-electron chi connectivity index (χ1n) is 13.4. The van der Waals surface area contributed by atoms with E-state index in [9.17, 15) is 28.8 Å². The van der Waals surface area contributed by atoms with Crippen molar-refractivity contribution in [2.75, 3.05) is 17.2 Å². The third-order valence-corrected chi connectivity index (χ3v) is 7.28. The Kier molecular flexibility index (Phi) is 11.7. The fourth-order valence-corrected chi connectivity index (χ4v) is 4.46. The highest BCUT2D eigenvalue weighted by Crippen LogP contribution is 2.13. The molecule has 0 aliphatic heterocycles. The molecule has 0 radical (unpaired) electrons. The highest BCUT2D eigenvalue weighted by atomic mass is 32.1. The summed E-state index contributed by atoms with van der Waals surface area (Å²) in [6.07, 6.45) is 6.76. The number of Topliss-reactive ketones (excluding diaryl/α,β-unsaturated/α-hetero) is 1. The average molecular weight is 599 g/mol. The normalized spacial score (nSPS) is 11.5. The number of thiazole rings is 1. The van der Waals surface area contributed by atoms with Crippen LogP contribution < -0.4 is 26.8 Å². The minimum Gasteiger partial charge on any atom is -0.354 e. The SMILES string of the molecule is CCC(CC)CNC(=O)Cn1cccc(NC(=O)C(CCC(=O)C(=O)Nc2cncs2)NC(=O)c2cncn2C)c1=O. The predicted molar refractivity (Wildman–Crippen MR) is 156 cm³/mol. The monoisotopic (exact) mass is 598 g/mol. The van der Waals surface area contributed by atoms with Crippen molar-refractivity contribution in [3.63, 3.8) is 0 Å². The molecule has 3 aromatic rings. The maximum Gasteiger partial charge on any atom is 0.292 e. The summed E-state index contributed by atoms with van der Waals surface area (Å²) in [5, 5.41) is 10.7. The molecule has 3 rings (SSSR count). The summed E-state index contributed by atoms with van der Waals surface area (Å²) < 4.78 is 2.61. The molecular weight excluding hydrogens is 564 g/mol. The van der Waals surface area contributed by atoms with Crippen LogP contribution >= 0.6 is 11.3 Å². The summed E-state index contributed by atoms with van der Waals surface area (Å²) >= 11 is 1.14. The van der Waals surface area contributed by atoms with Crippen molar-refractivity contribution in [3.05, 3.63) is 58.6 Å². The van der Waals surface area contributed by atoms with Crippen LogP contribution in [0.25, 0.3) is 0 Å². The third-order valence-electron chi connectivity index (χ3n) is 6.59. The molecule has 1 atom stereocenters. The highest BCUT2D eigenvalue weighted by Gasteiger charge is 2.26. The first-order chi connectivity index (χ1) is 20.1. The number of rotatable bonds is 15. The number of anilines is 2. The molecule has 0 fully saturated rings. The van der Waals surface area contributed by atoms with Gasteiger partial charge in [0.05, 0.1) is 24.2 Å². The number of hydrogen-bond donors (Lipinski definition) is 4. The number of hydrogen-bond acceptors (Lipinski definition) is 9. The Bertz CT molecular complexity index is 1460. The molecule has 0 bridgehead atoms. The van der Waals surface area contributed by atoms with E-state index in [4.69, 9.17) is 0 Å². The molecule has 42 heavy (non-hydrogen) atoms. The average Bonchev–Trinajstić information content (AvgIpc) is 3.65. The molecular formula is C27H34N8O6S. The maximum atomic E-state index is 13.3. The van der Waals surface area contributed by atoms with Crippen molar-refractivity contribution in [2.24, 2.45) is 13.0 Å². The molecule has 4 amide bonds. The number of amides is 4. The molecule has 0 saturated carbocycles. The van der Waals surface area contributed by atoms with Gasteiger partial charge in [0.2, 0.25) is 17.6 Å². The minimum atomic E-state index is -1.29. The number of imidazole rings is 1. The van der Waals surface area contributed by atoms with Gasteiger partial charge in [-0.25, -0.2) is 4.98 Å². The van der Waals surface area contributed by atoms with E-state index >= 15 is 0 Å². The van der Waals surface area contributed by atoms with Crippen LogP contribution in [-0.4, -0.2) is 61.1 Å². The van der Waals surface area contributed by atoms with E-state index < -0.39 is 35.1 Å². The van der Waals surface area contributed by atoms with Gasteiger partial charge < -0.3 is 30.4 Å². The molecule has 0 aromatic carbocycles. The molecule has 1 unspecified atom stereocenters. The van der Waals surface area contributed by atoms with E-state index in [-0.39, 0.29) is 36.7 Å². The Balaban J connectivity index is 1.71. The minimum absolute atomic E-state index is 0.121. The molecule has 4 N–H and O–H groups in total. The zero-order chi connectivity index (χ0) is 30.6. The number of aromatic nitrogens is 4. The second-order valence-corrected chi connectivity index (χ2v) is 10.4. The molecule has 224 valence electrons. The number of pyridine rings is 1. The molecule has 0 aliphatic carbocycles. The summed E-state index contributed by atoms with van der Waals surface area (Å²) in [5.41, 5.74) is 0.903. The number of carbonyl (C=O) groups is 5. The van der Waals surface area contributed by atoms with Gasteiger partial charge >= 0.3 is 0 Å². The lowest BCUT2D eigenvalue weighted by atomic mass is 10.0. The van der Waals surface area contributed by atoms with E-state index in [2.05, 4.69) is 31.2 Å². The number of carbonyl (C=O) groups excluding carboxylic acids is 5. The van der Waals surface area contributed by atoms with Gasteiger partial charge in [0, 0.05) is 26.2 Å². The van der Waals surface area contributed by atoms with Crippen molar-refractivity contribution in [1.82, 2.24) is 29.7 Å². The summed E-state index contributed by atoms with van der Waals surface area (Å²) in [5.74, 6) is -3.13. The quantitative estimate of drug-likeness (QED) is 0.189. The van der Waals surface area contributed by atoms with E-state index in [1.165, 1.54) is 47.1 Å². The molecule has 14 nitrogen and oxygen atoms in total. The Morgan fingerprint density at radius 2 is 1.81 bits per heavy atom. The first-order valence-corrected chi connectivity index (χ1v) is 14.3. The lowest BCUT2D eigenvalue weighted by molar-refractivity contribution is -0.135. The lowest BCUT2D eigenvalue weighted by Gasteiger charge is -2.18. The molecule has 0 aliphatic rings. The van der Waals surface area contributed by atoms with E-state index in [0.29, 0.717) is 17.5 Å². The van der Waals surface area contributed by atoms with Crippen LogP contribution in [0.2, 0.25) is 0 Å². The van der Waals surface area contributed by atoms with Crippen LogP contribution in [0.4, 0.5) is 10.7 Å². The second-order valence-electron chi connectivity index (χ2n) is 9.53. The zero-order valence-corrected chi connectivity index (χ0v) is 24.4. The van der Waals surface area contributed by atoms with Crippen molar-refractivity contribution in [3.8, 4) is 0 Å². The van der Waals surface area contributed by atoms with Gasteiger partial charge in [-0.05, 0) is 24.5 Å². The van der Waals surface area contributed by atoms with Gasteiger partial charge in [0.25, 0.3) is 17.4 Å². The standard InChI is InChI=1S/C27H34N8O6S/c1-4-17(5-2)11-30-22(37)14-35-10-6-7-19(27(35)41)32-24(38)18(31-25(39)20-12-28-15-34(20)3)8-9-21(36)26(40)33-23-13-29-16-42-23/h6-7,10,12-13,15-18H,4-5,8-9,11,14H2,1-3H3,(H,30,37)(H,31,39)(H,32,38)(H,33,40). The molecule has 0 spiro atoms. The summed E-state index contributed by atoms with van der Waals surface area (Å²) in [4.78, 5) is 84.0. The summed E-state index contributed by atoms with van der Waals surface area (Å²) in [7, 11) is 1.59. The van der Waals surface area contributed by atoms with Crippen LogP contribution in [0.1, 0.15) is 50.0 Å². The van der Waals surface area contributed by atoms with E-state index in [1.807, 2.05) is 13.8 Å². The molecule has 3 aromatic heterocycles. The van der Waals surface area contributed by atoms with Gasteiger partial charge in [0.1, 0.15) is 29.0 Å². The lowest BCUT2D eigenvalue weighted by Crippen LogP contribution is -2.45. The number of aryl methyl sites for hydroxylation is 1. The Labute approximate surface area is 245 Å².